The Bertz CT molecular complexity index is 669. The van der Waals surface area contributed by atoms with Gasteiger partial charge in [-0.1, -0.05) is 31.9 Å². The fraction of sp³-hybridized carbons (Fsp3) is 0. The van der Waals surface area contributed by atoms with E-state index in [4.69, 9.17) is 0 Å². The molecule has 0 saturated carbocycles. The maximum atomic E-state index is 3.44. The van der Waals surface area contributed by atoms with Gasteiger partial charge in [-0.05, 0) is 72.8 Å². The van der Waals surface area contributed by atoms with Crippen molar-refractivity contribution in [2.75, 3.05) is 10.6 Å². The van der Waals surface area contributed by atoms with Crippen molar-refractivity contribution in [2.24, 2.45) is 0 Å². The Morgan fingerprint density at radius 2 is 0.636 bits per heavy atom. The molecule has 2 nitrogen and oxygen atoms in total. The van der Waals surface area contributed by atoms with Gasteiger partial charge in [-0.25, -0.2) is 0 Å². The highest BCUT2D eigenvalue weighted by Gasteiger charge is 1.97. The average Bonchev–Trinajstić information content (AvgIpc) is 2.54. The summed E-state index contributed by atoms with van der Waals surface area (Å²) in [5, 5.41) is 6.75. The lowest BCUT2D eigenvalue weighted by Crippen LogP contribution is -1.92. The molecule has 3 aromatic carbocycles. The van der Waals surface area contributed by atoms with E-state index in [1.165, 1.54) is 0 Å². The van der Waals surface area contributed by atoms with E-state index in [9.17, 15) is 0 Å². The van der Waals surface area contributed by atoms with E-state index in [0.29, 0.717) is 0 Å². The first kappa shape index (κ1) is 15.1. The van der Waals surface area contributed by atoms with E-state index in [1.54, 1.807) is 0 Å². The standard InChI is InChI=1S/C18H14Br2N2/c19-13-1-5-15(6-2-13)21-17-9-11-18(12-10-17)22-16-7-3-14(20)4-8-16/h1-12,21-22H. The predicted octanol–water partition coefficient (Wildman–Crippen LogP) is 6.70. The van der Waals surface area contributed by atoms with E-state index >= 15 is 0 Å². The zero-order valence-electron chi connectivity index (χ0n) is 11.7. The second-order valence-corrected chi connectivity index (χ2v) is 6.67. The van der Waals surface area contributed by atoms with E-state index in [2.05, 4.69) is 66.8 Å². The minimum Gasteiger partial charge on any atom is -0.356 e. The van der Waals surface area contributed by atoms with Crippen LogP contribution in [0.15, 0.2) is 81.7 Å². The second kappa shape index (κ2) is 6.99. The molecule has 0 aliphatic heterocycles. The van der Waals surface area contributed by atoms with E-state index in [-0.39, 0.29) is 0 Å². The molecule has 0 radical (unpaired) electrons. The Balaban J connectivity index is 1.67. The number of hydrogen-bond donors (Lipinski definition) is 2. The van der Waals surface area contributed by atoms with Gasteiger partial charge in [0.25, 0.3) is 0 Å². The molecule has 0 fully saturated rings. The summed E-state index contributed by atoms with van der Waals surface area (Å²) in [5.41, 5.74) is 4.25. The Morgan fingerprint density at radius 3 is 0.909 bits per heavy atom. The van der Waals surface area contributed by atoms with Gasteiger partial charge in [-0.15, -0.1) is 0 Å². The molecule has 0 bridgehead atoms. The molecule has 0 atom stereocenters. The Kier molecular flexibility index (Phi) is 4.80. The molecule has 0 aromatic heterocycles. The summed E-state index contributed by atoms with van der Waals surface area (Å²) in [4.78, 5) is 0. The quantitative estimate of drug-likeness (QED) is 0.493. The Morgan fingerprint density at radius 1 is 0.409 bits per heavy atom. The van der Waals surface area contributed by atoms with Crippen LogP contribution >= 0.6 is 31.9 Å². The van der Waals surface area contributed by atoms with Crippen LogP contribution in [0, 0.1) is 0 Å². The van der Waals surface area contributed by atoms with Crippen molar-refractivity contribution in [3.05, 3.63) is 81.7 Å². The van der Waals surface area contributed by atoms with Gasteiger partial charge in [0.05, 0.1) is 0 Å². The van der Waals surface area contributed by atoms with Gasteiger partial charge in [0, 0.05) is 31.7 Å². The first-order chi connectivity index (χ1) is 10.7. The summed E-state index contributed by atoms with van der Waals surface area (Å²) in [5.74, 6) is 0. The molecule has 4 heteroatoms. The highest BCUT2D eigenvalue weighted by Crippen LogP contribution is 2.23. The average molecular weight is 418 g/mol. The minimum absolute atomic E-state index is 1.06. The van der Waals surface area contributed by atoms with Crippen LogP contribution in [0.5, 0.6) is 0 Å². The van der Waals surface area contributed by atoms with Crippen LogP contribution in [0.25, 0.3) is 0 Å². The normalized spacial score (nSPS) is 10.3. The lowest BCUT2D eigenvalue weighted by atomic mass is 10.2. The highest BCUT2D eigenvalue weighted by atomic mass is 79.9. The molecular formula is C18H14Br2N2. The Labute approximate surface area is 146 Å². The predicted molar refractivity (Wildman–Crippen MR) is 101 cm³/mol. The third kappa shape index (κ3) is 4.12. The molecule has 2 N–H and O–H groups in total. The van der Waals surface area contributed by atoms with Gasteiger partial charge in [-0.3, -0.25) is 0 Å². The van der Waals surface area contributed by atoms with Crippen molar-refractivity contribution in [3.8, 4) is 0 Å². The molecule has 0 aliphatic rings. The SMILES string of the molecule is Brc1ccc(Nc2ccc(Nc3ccc(Br)cc3)cc2)cc1. The van der Waals surface area contributed by atoms with Crippen LogP contribution < -0.4 is 10.6 Å². The molecule has 0 unspecified atom stereocenters. The molecule has 22 heavy (non-hydrogen) atoms. The number of hydrogen-bond acceptors (Lipinski definition) is 2. The zero-order chi connectivity index (χ0) is 15.4. The van der Waals surface area contributed by atoms with Gasteiger partial charge in [0.15, 0.2) is 0 Å². The summed E-state index contributed by atoms with van der Waals surface area (Å²) < 4.78 is 2.15. The molecule has 0 spiro atoms. The summed E-state index contributed by atoms with van der Waals surface area (Å²) in [6.07, 6.45) is 0. The highest BCUT2D eigenvalue weighted by molar-refractivity contribution is 9.10. The molecule has 0 amide bonds. The summed E-state index contributed by atoms with van der Waals surface area (Å²) in [6, 6.07) is 24.5. The van der Waals surface area contributed by atoms with Crippen LogP contribution in [0.1, 0.15) is 0 Å². The summed E-state index contributed by atoms with van der Waals surface area (Å²) >= 11 is 6.87. The van der Waals surface area contributed by atoms with E-state index < -0.39 is 0 Å². The number of halogens is 2. The Hall–Kier alpha value is -1.78. The summed E-state index contributed by atoms with van der Waals surface area (Å²) in [7, 11) is 0. The van der Waals surface area contributed by atoms with Crippen molar-refractivity contribution in [1.82, 2.24) is 0 Å². The fourth-order valence-corrected chi connectivity index (χ4v) is 2.57. The first-order valence-electron chi connectivity index (χ1n) is 6.84. The van der Waals surface area contributed by atoms with E-state index in [1.807, 2.05) is 48.5 Å². The fourth-order valence-electron chi connectivity index (χ4n) is 2.04. The second-order valence-electron chi connectivity index (χ2n) is 4.84. The summed E-state index contributed by atoms with van der Waals surface area (Å²) in [6.45, 7) is 0. The van der Waals surface area contributed by atoms with Crippen molar-refractivity contribution >= 4 is 54.6 Å². The van der Waals surface area contributed by atoms with Crippen LogP contribution in [0.2, 0.25) is 0 Å². The number of nitrogens with one attached hydrogen (secondary N) is 2. The van der Waals surface area contributed by atoms with Crippen molar-refractivity contribution < 1.29 is 0 Å². The minimum atomic E-state index is 1.06. The largest absolute Gasteiger partial charge is 0.356 e. The maximum Gasteiger partial charge on any atom is 0.0385 e. The first-order valence-corrected chi connectivity index (χ1v) is 8.43. The van der Waals surface area contributed by atoms with Crippen molar-refractivity contribution in [1.29, 1.82) is 0 Å². The van der Waals surface area contributed by atoms with Crippen LogP contribution in [0.3, 0.4) is 0 Å². The lowest BCUT2D eigenvalue weighted by Gasteiger charge is -2.09. The lowest BCUT2D eigenvalue weighted by molar-refractivity contribution is 1.51. The number of benzene rings is 3. The smallest absolute Gasteiger partial charge is 0.0385 e. The molecule has 3 rings (SSSR count). The third-order valence-corrected chi connectivity index (χ3v) is 4.21. The topological polar surface area (TPSA) is 24.1 Å². The van der Waals surface area contributed by atoms with Gasteiger partial charge >= 0.3 is 0 Å². The van der Waals surface area contributed by atoms with Crippen molar-refractivity contribution in [3.63, 3.8) is 0 Å². The van der Waals surface area contributed by atoms with Crippen LogP contribution in [0.4, 0.5) is 22.7 Å². The van der Waals surface area contributed by atoms with Gasteiger partial charge in [0.2, 0.25) is 0 Å². The third-order valence-electron chi connectivity index (χ3n) is 3.15. The zero-order valence-corrected chi connectivity index (χ0v) is 14.9. The molecular weight excluding hydrogens is 404 g/mol. The molecule has 0 aliphatic carbocycles. The number of rotatable bonds is 4. The monoisotopic (exact) mass is 416 g/mol. The molecule has 3 aromatic rings. The van der Waals surface area contributed by atoms with Gasteiger partial charge < -0.3 is 10.6 Å². The van der Waals surface area contributed by atoms with Crippen LogP contribution in [-0.2, 0) is 0 Å². The van der Waals surface area contributed by atoms with Crippen LogP contribution in [-0.4, -0.2) is 0 Å². The molecule has 0 heterocycles. The van der Waals surface area contributed by atoms with Gasteiger partial charge in [0.1, 0.15) is 0 Å². The van der Waals surface area contributed by atoms with Crippen molar-refractivity contribution in [2.45, 2.75) is 0 Å². The molecule has 110 valence electrons. The number of anilines is 4. The van der Waals surface area contributed by atoms with E-state index in [0.717, 1.165) is 31.7 Å². The molecule has 0 saturated heterocycles. The maximum absolute atomic E-state index is 3.44. The van der Waals surface area contributed by atoms with Gasteiger partial charge in [-0.2, -0.15) is 0 Å².